The van der Waals surface area contributed by atoms with Crippen molar-refractivity contribution in [2.24, 2.45) is 5.92 Å². The van der Waals surface area contributed by atoms with E-state index in [1.165, 1.54) is 0 Å². The Hall–Kier alpha value is -0.120. The molecule has 0 spiro atoms. The maximum absolute atomic E-state index is 5.20. The van der Waals surface area contributed by atoms with Crippen LogP contribution in [0, 0.1) is 5.92 Å². The van der Waals surface area contributed by atoms with E-state index in [9.17, 15) is 0 Å². The van der Waals surface area contributed by atoms with Gasteiger partial charge >= 0.3 is 0 Å². The Bertz CT molecular complexity index is 117. The fourth-order valence-corrected chi connectivity index (χ4v) is 1.45. The fraction of sp³-hybridized carbons (Fsp3) is 1.00. The average molecular weight is 188 g/mol. The van der Waals surface area contributed by atoms with Crippen LogP contribution in [-0.4, -0.2) is 51.8 Å². The van der Waals surface area contributed by atoms with Gasteiger partial charge in [0.25, 0.3) is 0 Å². The SMILES string of the molecule is CNCCN(C)C(COC)C(C)C. The summed E-state index contributed by atoms with van der Waals surface area (Å²) in [4.78, 5) is 2.35. The van der Waals surface area contributed by atoms with Gasteiger partial charge in [0.1, 0.15) is 0 Å². The molecule has 1 atom stereocenters. The predicted molar refractivity (Wildman–Crippen MR) is 57.1 cm³/mol. The van der Waals surface area contributed by atoms with E-state index >= 15 is 0 Å². The lowest BCUT2D eigenvalue weighted by molar-refractivity contribution is 0.0811. The molecule has 0 aromatic rings. The van der Waals surface area contributed by atoms with E-state index in [1.807, 2.05) is 7.05 Å². The standard InChI is InChI=1S/C10H24N2O/c1-9(2)10(8-13-5)12(4)7-6-11-3/h9-11H,6-8H2,1-5H3. The summed E-state index contributed by atoms with van der Waals surface area (Å²) in [6.45, 7) is 7.39. The van der Waals surface area contributed by atoms with Gasteiger partial charge in [-0.25, -0.2) is 0 Å². The molecule has 0 aliphatic heterocycles. The van der Waals surface area contributed by atoms with Gasteiger partial charge in [-0.15, -0.1) is 0 Å². The van der Waals surface area contributed by atoms with Crippen LogP contribution in [0.4, 0.5) is 0 Å². The van der Waals surface area contributed by atoms with Gasteiger partial charge < -0.3 is 10.1 Å². The van der Waals surface area contributed by atoms with E-state index in [-0.39, 0.29) is 0 Å². The first-order valence-corrected chi connectivity index (χ1v) is 4.97. The molecule has 0 fully saturated rings. The van der Waals surface area contributed by atoms with Gasteiger partial charge in [-0.05, 0) is 20.0 Å². The highest BCUT2D eigenvalue weighted by Gasteiger charge is 2.17. The molecule has 0 heterocycles. The van der Waals surface area contributed by atoms with Crippen molar-refractivity contribution in [3.8, 4) is 0 Å². The molecule has 0 bridgehead atoms. The van der Waals surface area contributed by atoms with Crippen LogP contribution < -0.4 is 5.32 Å². The number of ether oxygens (including phenoxy) is 1. The van der Waals surface area contributed by atoms with Crippen molar-refractivity contribution in [1.82, 2.24) is 10.2 Å². The molecule has 0 saturated heterocycles. The summed E-state index contributed by atoms with van der Waals surface area (Å²) in [6.07, 6.45) is 0. The third-order valence-electron chi connectivity index (χ3n) is 2.39. The molecule has 0 amide bonds. The molecule has 0 radical (unpaired) electrons. The van der Waals surface area contributed by atoms with Gasteiger partial charge in [0.05, 0.1) is 6.61 Å². The molecule has 0 aliphatic rings. The molecular formula is C10H24N2O. The van der Waals surface area contributed by atoms with Gasteiger partial charge in [-0.2, -0.15) is 0 Å². The number of hydrogen-bond acceptors (Lipinski definition) is 3. The lowest BCUT2D eigenvalue weighted by Crippen LogP contribution is -2.42. The van der Waals surface area contributed by atoms with Crippen LogP contribution in [0.2, 0.25) is 0 Å². The van der Waals surface area contributed by atoms with Gasteiger partial charge in [-0.3, -0.25) is 4.90 Å². The van der Waals surface area contributed by atoms with Crippen molar-refractivity contribution < 1.29 is 4.74 Å². The first-order valence-electron chi connectivity index (χ1n) is 4.97. The lowest BCUT2D eigenvalue weighted by Gasteiger charge is -2.30. The minimum absolute atomic E-state index is 0.526. The van der Waals surface area contributed by atoms with Crippen molar-refractivity contribution in [1.29, 1.82) is 0 Å². The van der Waals surface area contributed by atoms with Crippen LogP contribution >= 0.6 is 0 Å². The Morgan fingerprint density at radius 1 is 1.38 bits per heavy atom. The van der Waals surface area contributed by atoms with Crippen LogP contribution in [0.3, 0.4) is 0 Å². The molecule has 80 valence electrons. The topological polar surface area (TPSA) is 24.5 Å². The van der Waals surface area contributed by atoms with Gasteiger partial charge in [0.2, 0.25) is 0 Å². The van der Waals surface area contributed by atoms with E-state index in [2.05, 4.69) is 31.1 Å². The normalized spacial score (nSPS) is 14.1. The molecule has 0 aliphatic carbocycles. The zero-order chi connectivity index (χ0) is 10.3. The molecule has 13 heavy (non-hydrogen) atoms. The van der Waals surface area contributed by atoms with Gasteiger partial charge in [0.15, 0.2) is 0 Å². The number of hydrogen-bond donors (Lipinski definition) is 1. The largest absolute Gasteiger partial charge is 0.383 e. The Morgan fingerprint density at radius 3 is 2.38 bits per heavy atom. The summed E-state index contributed by atoms with van der Waals surface area (Å²) < 4.78 is 5.20. The third-order valence-corrected chi connectivity index (χ3v) is 2.39. The van der Waals surface area contributed by atoms with Crippen LogP contribution in [0.5, 0.6) is 0 Å². The molecule has 0 aromatic heterocycles. The summed E-state index contributed by atoms with van der Waals surface area (Å²) in [5.74, 6) is 0.641. The Balaban J connectivity index is 3.87. The van der Waals surface area contributed by atoms with E-state index in [4.69, 9.17) is 4.74 Å². The van der Waals surface area contributed by atoms with E-state index in [1.54, 1.807) is 7.11 Å². The summed E-state index contributed by atoms with van der Waals surface area (Å²) in [5.41, 5.74) is 0. The van der Waals surface area contributed by atoms with Crippen molar-refractivity contribution >= 4 is 0 Å². The molecule has 0 saturated carbocycles. The number of nitrogens with one attached hydrogen (secondary N) is 1. The molecule has 0 rings (SSSR count). The summed E-state index contributed by atoms with van der Waals surface area (Å²) >= 11 is 0. The predicted octanol–water partition coefficient (Wildman–Crippen LogP) is 0.809. The van der Waals surface area contributed by atoms with E-state index in [0.29, 0.717) is 12.0 Å². The Kier molecular flexibility index (Phi) is 7.23. The zero-order valence-electron chi connectivity index (χ0n) is 9.63. The second kappa shape index (κ2) is 7.30. The zero-order valence-corrected chi connectivity index (χ0v) is 9.63. The lowest BCUT2D eigenvalue weighted by atomic mass is 10.0. The average Bonchev–Trinajstić information content (AvgIpc) is 2.09. The fourth-order valence-electron chi connectivity index (χ4n) is 1.45. The Morgan fingerprint density at radius 2 is 2.00 bits per heavy atom. The van der Waals surface area contributed by atoms with Crippen LogP contribution in [-0.2, 0) is 4.74 Å². The quantitative estimate of drug-likeness (QED) is 0.640. The molecule has 3 heteroatoms. The summed E-state index contributed by atoms with van der Waals surface area (Å²) in [6, 6.07) is 0.526. The smallest absolute Gasteiger partial charge is 0.0620 e. The highest BCUT2D eigenvalue weighted by Crippen LogP contribution is 2.08. The number of nitrogens with zero attached hydrogens (tertiary/aromatic N) is 1. The van der Waals surface area contributed by atoms with Crippen molar-refractivity contribution in [3.63, 3.8) is 0 Å². The van der Waals surface area contributed by atoms with Gasteiger partial charge in [0, 0.05) is 26.2 Å². The number of rotatable bonds is 7. The van der Waals surface area contributed by atoms with Crippen molar-refractivity contribution in [2.75, 3.05) is 40.9 Å². The van der Waals surface area contributed by atoms with E-state index in [0.717, 1.165) is 19.7 Å². The highest BCUT2D eigenvalue weighted by atomic mass is 16.5. The minimum atomic E-state index is 0.526. The summed E-state index contributed by atoms with van der Waals surface area (Å²) in [7, 11) is 5.90. The second-order valence-corrected chi connectivity index (χ2v) is 3.85. The second-order valence-electron chi connectivity index (χ2n) is 3.85. The van der Waals surface area contributed by atoms with Crippen LogP contribution in [0.15, 0.2) is 0 Å². The maximum atomic E-state index is 5.20. The monoisotopic (exact) mass is 188 g/mol. The van der Waals surface area contributed by atoms with Crippen LogP contribution in [0.1, 0.15) is 13.8 Å². The molecule has 0 aromatic carbocycles. The first-order chi connectivity index (χ1) is 6.13. The number of methoxy groups -OCH3 is 1. The van der Waals surface area contributed by atoms with Crippen LogP contribution in [0.25, 0.3) is 0 Å². The number of likely N-dealkylation sites (N-methyl/N-ethyl adjacent to an activating group) is 2. The molecule has 1 N–H and O–H groups in total. The molecule has 3 nitrogen and oxygen atoms in total. The summed E-state index contributed by atoms with van der Waals surface area (Å²) in [5, 5.41) is 3.15. The highest BCUT2D eigenvalue weighted by molar-refractivity contribution is 4.72. The maximum Gasteiger partial charge on any atom is 0.0620 e. The molecule has 1 unspecified atom stereocenters. The first kappa shape index (κ1) is 12.9. The van der Waals surface area contributed by atoms with Gasteiger partial charge in [-0.1, -0.05) is 13.8 Å². The van der Waals surface area contributed by atoms with Crippen molar-refractivity contribution in [2.45, 2.75) is 19.9 Å². The Labute approximate surface area is 82.4 Å². The van der Waals surface area contributed by atoms with E-state index < -0.39 is 0 Å². The third kappa shape index (κ3) is 5.24. The van der Waals surface area contributed by atoms with Crippen molar-refractivity contribution in [3.05, 3.63) is 0 Å². The minimum Gasteiger partial charge on any atom is -0.383 e. The molecular weight excluding hydrogens is 164 g/mol.